The molecule has 0 saturated carbocycles. The summed E-state index contributed by atoms with van der Waals surface area (Å²) in [5.41, 5.74) is 2.05. The number of aromatic carboxylic acids is 1. The molecule has 3 rings (SSSR count). The number of ether oxygens (including phenoxy) is 2. The fourth-order valence-corrected chi connectivity index (χ4v) is 3.02. The van der Waals surface area contributed by atoms with Crippen LogP contribution in [-0.4, -0.2) is 43.2 Å². The number of rotatable bonds is 2. The van der Waals surface area contributed by atoms with E-state index in [2.05, 4.69) is 4.90 Å². The second-order valence-corrected chi connectivity index (χ2v) is 5.46. The summed E-state index contributed by atoms with van der Waals surface area (Å²) in [6, 6.07) is 5.54. The Bertz CT molecular complexity index is 523. The molecule has 5 nitrogen and oxygen atoms in total. The fourth-order valence-electron chi connectivity index (χ4n) is 3.02. The summed E-state index contributed by atoms with van der Waals surface area (Å²) in [4.78, 5) is 13.5. The molecule has 1 N–H and O–H groups in total. The highest BCUT2D eigenvalue weighted by atomic mass is 16.7. The predicted octanol–water partition coefficient (Wildman–Crippen LogP) is 2.04. The minimum Gasteiger partial charge on any atom is -0.478 e. The lowest BCUT2D eigenvalue weighted by Crippen LogP contribution is -2.49. The highest BCUT2D eigenvalue weighted by Crippen LogP contribution is 2.34. The minimum atomic E-state index is -0.892. The average molecular weight is 277 g/mol. The van der Waals surface area contributed by atoms with Gasteiger partial charge in [0.2, 0.25) is 0 Å². The molecule has 2 aliphatic rings. The van der Waals surface area contributed by atoms with Gasteiger partial charge in [0, 0.05) is 13.0 Å². The SMILES string of the molecule is Cc1ccc(N2CCCC3(C2)OCCO3)c(C(=O)O)c1. The zero-order valence-corrected chi connectivity index (χ0v) is 11.6. The second kappa shape index (κ2) is 5.07. The maximum Gasteiger partial charge on any atom is 0.337 e. The maximum atomic E-state index is 11.4. The molecule has 1 spiro atoms. The van der Waals surface area contributed by atoms with Crippen LogP contribution < -0.4 is 4.90 Å². The van der Waals surface area contributed by atoms with E-state index in [1.165, 1.54) is 0 Å². The van der Waals surface area contributed by atoms with Crippen molar-refractivity contribution < 1.29 is 19.4 Å². The summed E-state index contributed by atoms with van der Waals surface area (Å²) < 4.78 is 11.5. The lowest BCUT2D eigenvalue weighted by molar-refractivity contribution is -0.161. The number of anilines is 1. The molecule has 0 atom stereocenters. The van der Waals surface area contributed by atoms with Gasteiger partial charge in [-0.25, -0.2) is 4.79 Å². The number of nitrogens with zero attached hydrogens (tertiary/aromatic N) is 1. The number of aryl methyl sites for hydroxylation is 1. The first-order chi connectivity index (χ1) is 9.60. The van der Waals surface area contributed by atoms with Gasteiger partial charge in [0.1, 0.15) is 0 Å². The quantitative estimate of drug-likeness (QED) is 0.896. The van der Waals surface area contributed by atoms with Crippen LogP contribution in [0.15, 0.2) is 18.2 Å². The molecule has 0 aromatic heterocycles. The van der Waals surface area contributed by atoms with E-state index < -0.39 is 11.8 Å². The van der Waals surface area contributed by atoms with E-state index in [1.54, 1.807) is 6.07 Å². The summed E-state index contributed by atoms with van der Waals surface area (Å²) in [7, 11) is 0. The molecule has 2 aliphatic heterocycles. The minimum absolute atomic E-state index is 0.347. The number of piperidine rings is 1. The first kappa shape index (κ1) is 13.4. The average Bonchev–Trinajstić information content (AvgIpc) is 2.86. The highest BCUT2D eigenvalue weighted by Gasteiger charge is 2.41. The van der Waals surface area contributed by atoms with Crippen LogP contribution in [0, 0.1) is 6.92 Å². The van der Waals surface area contributed by atoms with Crippen LogP contribution in [0.1, 0.15) is 28.8 Å². The van der Waals surface area contributed by atoms with Crippen molar-refractivity contribution in [2.45, 2.75) is 25.6 Å². The molecule has 0 radical (unpaired) electrons. The van der Waals surface area contributed by atoms with E-state index >= 15 is 0 Å². The Morgan fingerprint density at radius 1 is 1.35 bits per heavy atom. The van der Waals surface area contributed by atoms with Gasteiger partial charge in [0.05, 0.1) is 31.0 Å². The molecular formula is C15H19NO4. The molecule has 20 heavy (non-hydrogen) atoms. The van der Waals surface area contributed by atoms with Gasteiger partial charge in [-0.05, 0) is 25.5 Å². The Balaban J connectivity index is 1.90. The predicted molar refractivity (Wildman–Crippen MR) is 74.2 cm³/mol. The van der Waals surface area contributed by atoms with Crippen molar-refractivity contribution in [3.8, 4) is 0 Å². The van der Waals surface area contributed by atoms with Gasteiger partial charge in [-0.1, -0.05) is 11.6 Å². The molecule has 1 aromatic carbocycles. The topological polar surface area (TPSA) is 59.0 Å². The van der Waals surface area contributed by atoms with Crippen molar-refractivity contribution in [3.05, 3.63) is 29.3 Å². The summed E-state index contributed by atoms with van der Waals surface area (Å²) in [5.74, 6) is -1.43. The van der Waals surface area contributed by atoms with Crippen molar-refractivity contribution in [1.82, 2.24) is 0 Å². The van der Waals surface area contributed by atoms with Gasteiger partial charge >= 0.3 is 5.97 Å². The molecule has 5 heteroatoms. The van der Waals surface area contributed by atoms with Crippen molar-refractivity contribution in [2.75, 3.05) is 31.2 Å². The van der Waals surface area contributed by atoms with Gasteiger partial charge in [-0.3, -0.25) is 0 Å². The highest BCUT2D eigenvalue weighted by molar-refractivity contribution is 5.94. The van der Waals surface area contributed by atoms with E-state index in [4.69, 9.17) is 9.47 Å². The third kappa shape index (κ3) is 2.39. The molecule has 1 aromatic rings. The fraction of sp³-hybridized carbons (Fsp3) is 0.533. The second-order valence-electron chi connectivity index (χ2n) is 5.46. The van der Waals surface area contributed by atoms with E-state index in [-0.39, 0.29) is 0 Å². The summed E-state index contributed by atoms with van der Waals surface area (Å²) in [5, 5.41) is 9.39. The smallest absolute Gasteiger partial charge is 0.337 e. The molecule has 0 aliphatic carbocycles. The Morgan fingerprint density at radius 3 is 2.80 bits per heavy atom. The number of carbonyl (C=O) groups is 1. The van der Waals surface area contributed by atoms with Crippen LogP contribution in [0.3, 0.4) is 0 Å². The van der Waals surface area contributed by atoms with Gasteiger partial charge in [0.15, 0.2) is 5.79 Å². The molecule has 0 unspecified atom stereocenters. The lowest BCUT2D eigenvalue weighted by Gasteiger charge is -2.40. The van der Waals surface area contributed by atoms with E-state index in [0.717, 1.165) is 30.6 Å². The lowest BCUT2D eigenvalue weighted by atomic mass is 10.0. The van der Waals surface area contributed by atoms with Crippen LogP contribution in [-0.2, 0) is 9.47 Å². The van der Waals surface area contributed by atoms with Crippen molar-refractivity contribution >= 4 is 11.7 Å². The van der Waals surface area contributed by atoms with Crippen LogP contribution in [0.4, 0.5) is 5.69 Å². The van der Waals surface area contributed by atoms with Crippen LogP contribution in [0.25, 0.3) is 0 Å². The normalized spacial score (nSPS) is 21.4. The van der Waals surface area contributed by atoms with Crippen LogP contribution in [0.2, 0.25) is 0 Å². The standard InChI is InChI=1S/C15H19NO4/c1-11-3-4-13(12(9-11)14(17)18)16-6-2-5-15(10-16)19-7-8-20-15/h3-4,9H,2,5-8,10H2,1H3,(H,17,18). The van der Waals surface area contributed by atoms with Crippen molar-refractivity contribution in [3.63, 3.8) is 0 Å². The van der Waals surface area contributed by atoms with Crippen LogP contribution >= 0.6 is 0 Å². The molecule has 0 amide bonds. The number of hydrogen-bond donors (Lipinski definition) is 1. The Morgan fingerprint density at radius 2 is 2.10 bits per heavy atom. The zero-order valence-electron chi connectivity index (χ0n) is 11.6. The van der Waals surface area contributed by atoms with Gasteiger partial charge in [0.25, 0.3) is 0 Å². The third-order valence-corrected chi connectivity index (χ3v) is 3.95. The zero-order chi connectivity index (χ0) is 14.2. The van der Waals surface area contributed by atoms with Crippen molar-refractivity contribution in [2.24, 2.45) is 0 Å². The van der Waals surface area contributed by atoms with E-state index in [9.17, 15) is 9.90 Å². The summed E-state index contributed by atoms with van der Waals surface area (Å²) >= 11 is 0. The molecule has 2 fully saturated rings. The summed E-state index contributed by atoms with van der Waals surface area (Å²) in [6.07, 6.45) is 1.81. The molecule has 2 saturated heterocycles. The third-order valence-electron chi connectivity index (χ3n) is 3.95. The molecule has 2 heterocycles. The van der Waals surface area contributed by atoms with Crippen LogP contribution in [0.5, 0.6) is 0 Å². The molecule has 0 bridgehead atoms. The number of hydrogen-bond acceptors (Lipinski definition) is 4. The Kier molecular flexibility index (Phi) is 3.40. The van der Waals surface area contributed by atoms with Gasteiger partial charge in [-0.15, -0.1) is 0 Å². The van der Waals surface area contributed by atoms with Crippen molar-refractivity contribution in [1.29, 1.82) is 0 Å². The first-order valence-electron chi connectivity index (χ1n) is 6.96. The van der Waals surface area contributed by atoms with Gasteiger partial charge in [-0.2, -0.15) is 0 Å². The number of benzene rings is 1. The Labute approximate surface area is 118 Å². The number of carboxylic acid groups (broad SMARTS) is 1. The largest absolute Gasteiger partial charge is 0.478 e. The summed E-state index contributed by atoms with van der Waals surface area (Å²) in [6.45, 7) is 4.56. The van der Waals surface area contributed by atoms with Gasteiger partial charge < -0.3 is 19.5 Å². The molecular weight excluding hydrogens is 258 g/mol. The monoisotopic (exact) mass is 277 g/mol. The maximum absolute atomic E-state index is 11.4. The first-order valence-corrected chi connectivity index (χ1v) is 6.96. The van der Waals surface area contributed by atoms with E-state index in [1.807, 2.05) is 19.1 Å². The number of carboxylic acids is 1. The Hall–Kier alpha value is -1.59. The van der Waals surface area contributed by atoms with E-state index in [0.29, 0.717) is 25.3 Å². The molecule has 108 valence electrons.